The Kier molecular flexibility index (Phi) is 6.50. The van der Waals surface area contributed by atoms with E-state index < -0.39 is 10.7 Å². The Hall–Kier alpha value is -3.72. The maximum Gasteiger partial charge on any atom is 0.270 e. The van der Waals surface area contributed by atoms with E-state index in [0.717, 1.165) is 32.1 Å². The van der Waals surface area contributed by atoms with E-state index >= 15 is 0 Å². The van der Waals surface area contributed by atoms with Crippen molar-refractivity contribution in [3.63, 3.8) is 0 Å². The monoisotopic (exact) mass is 491 g/mol. The van der Waals surface area contributed by atoms with Gasteiger partial charge in [0.1, 0.15) is 23.0 Å². The molecule has 1 saturated carbocycles. The van der Waals surface area contributed by atoms with Crippen LogP contribution in [0.15, 0.2) is 75.0 Å². The summed E-state index contributed by atoms with van der Waals surface area (Å²) in [5.74, 6) is 0.283. The fourth-order valence-corrected chi connectivity index (χ4v) is 5.39. The predicted octanol–water partition coefficient (Wildman–Crippen LogP) is 6.93. The molecule has 0 radical (unpaired) electrons. The van der Waals surface area contributed by atoms with Crippen molar-refractivity contribution in [2.75, 3.05) is 0 Å². The maximum absolute atomic E-state index is 14.3. The zero-order valence-corrected chi connectivity index (χ0v) is 19.5. The summed E-state index contributed by atoms with van der Waals surface area (Å²) in [5.41, 5.74) is 0.730. The average Bonchev–Trinajstić information content (AvgIpc) is 3.46. The number of carbonyl (C=O) groups excluding carboxylic acids is 1. The molecule has 2 aliphatic rings. The summed E-state index contributed by atoms with van der Waals surface area (Å²) in [6.45, 7) is 0. The first-order valence-corrected chi connectivity index (χ1v) is 12.2. The van der Waals surface area contributed by atoms with Crippen LogP contribution in [0.2, 0.25) is 0 Å². The van der Waals surface area contributed by atoms with Gasteiger partial charge in [-0.05, 0) is 48.9 Å². The molecule has 2 heterocycles. The van der Waals surface area contributed by atoms with E-state index in [4.69, 9.17) is 4.42 Å². The van der Waals surface area contributed by atoms with E-state index in [0.29, 0.717) is 27.2 Å². The quantitative estimate of drug-likeness (QED) is 0.219. The van der Waals surface area contributed by atoms with E-state index in [2.05, 4.69) is 4.99 Å². The van der Waals surface area contributed by atoms with Gasteiger partial charge in [0.15, 0.2) is 5.17 Å². The molecule has 2 fully saturated rings. The highest BCUT2D eigenvalue weighted by atomic mass is 32.2. The lowest BCUT2D eigenvalue weighted by Crippen LogP contribution is -2.40. The number of carbonyl (C=O) groups is 1. The SMILES string of the molecule is O=C1/C(=C/c2ccc(-c3cccc([N+](=O)[O-])c3)o2)SC(=Nc2ccccc2F)N1C1CCCCC1. The molecule has 1 aliphatic heterocycles. The second kappa shape index (κ2) is 9.87. The maximum atomic E-state index is 14.3. The number of thioether (sulfide) groups is 1. The lowest BCUT2D eigenvalue weighted by molar-refractivity contribution is -0.384. The molecule has 2 aromatic carbocycles. The number of hydrogen-bond donors (Lipinski definition) is 0. The van der Waals surface area contributed by atoms with Crippen LogP contribution in [0.4, 0.5) is 15.8 Å². The van der Waals surface area contributed by atoms with Gasteiger partial charge in [-0.25, -0.2) is 9.38 Å². The van der Waals surface area contributed by atoms with Crippen LogP contribution in [-0.4, -0.2) is 26.9 Å². The van der Waals surface area contributed by atoms with Crippen LogP contribution in [0, 0.1) is 15.9 Å². The number of nitro benzene ring substituents is 1. The van der Waals surface area contributed by atoms with E-state index in [9.17, 15) is 19.3 Å². The smallest absolute Gasteiger partial charge is 0.270 e. The molecule has 35 heavy (non-hydrogen) atoms. The Bertz CT molecular complexity index is 1340. The molecule has 9 heteroatoms. The first-order chi connectivity index (χ1) is 17.0. The predicted molar refractivity (Wildman–Crippen MR) is 134 cm³/mol. The number of aliphatic imine (C=N–C) groups is 1. The molecule has 1 aromatic heterocycles. The van der Waals surface area contributed by atoms with Crippen LogP contribution in [0.1, 0.15) is 37.9 Å². The summed E-state index contributed by atoms with van der Waals surface area (Å²) in [6.07, 6.45) is 6.63. The average molecular weight is 492 g/mol. The van der Waals surface area contributed by atoms with Crippen molar-refractivity contribution >= 4 is 40.3 Å². The van der Waals surface area contributed by atoms with Crippen LogP contribution in [-0.2, 0) is 4.79 Å². The molecule has 0 bridgehead atoms. The number of furan rings is 1. The number of amidine groups is 1. The first kappa shape index (κ1) is 23.0. The Morgan fingerprint density at radius 3 is 2.66 bits per heavy atom. The van der Waals surface area contributed by atoms with Crippen LogP contribution >= 0.6 is 11.8 Å². The molecule has 178 valence electrons. The summed E-state index contributed by atoms with van der Waals surface area (Å²) >= 11 is 1.20. The minimum Gasteiger partial charge on any atom is -0.457 e. The van der Waals surface area contributed by atoms with Crippen molar-refractivity contribution < 1.29 is 18.5 Å². The second-order valence-electron chi connectivity index (χ2n) is 8.43. The third-order valence-electron chi connectivity index (χ3n) is 6.09. The fraction of sp³-hybridized carbons (Fsp3) is 0.231. The van der Waals surface area contributed by atoms with E-state index in [1.54, 1.807) is 53.4 Å². The van der Waals surface area contributed by atoms with Crippen molar-refractivity contribution in [2.24, 2.45) is 4.99 Å². The molecule has 7 nitrogen and oxygen atoms in total. The van der Waals surface area contributed by atoms with Gasteiger partial charge < -0.3 is 4.42 Å². The summed E-state index contributed by atoms with van der Waals surface area (Å²) in [6, 6.07) is 15.9. The van der Waals surface area contributed by atoms with Crippen LogP contribution in [0.3, 0.4) is 0 Å². The number of hydrogen-bond acceptors (Lipinski definition) is 6. The van der Waals surface area contributed by atoms with Gasteiger partial charge in [-0.1, -0.05) is 43.5 Å². The van der Waals surface area contributed by atoms with Gasteiger partial charge >= 0.3 is 0 Å². The Labute approximate surface area is 205 Å². The molecular weight excluding hydrogens is 469 g/mol. The first-order valence-electron chi connectivity index (χ1n) is 11.4. The minimum atomic E-state index is -0.459. The van der Waals surface area contributed by atoms with Crippen molar-refractivity contribution in [1.82, 2.24) is 4.90 Å². The molecule has 1 amide bonds. The third kappa shape index (κ3) is 4.90. The summed E-state index contributed by atoms with van der Waals surface area (Å²) in [4.78, 5) is 30.7. The zero-order valence-electron chi connectivity index (χ0n) is 18.7. The number of halogens is 1. The Morgan fingerprint density at radius 1 is 1.09 bits per heavy atom. The van der Waals surface area contributed by atoms with Crippen molar-refractivity contribution in [1.29, 1.82) is 0 Å². The van der Waals surface area contributed by atoms with E-state index in [-0.39, 0.29) is 23.3 Å². The molecule has 3 aromatic rings. The van der Waals surface area contributed by atoms with E-state index in [1.807, 2.05) is 0 Å². The topological polar surface area (TPSA) is 88.9 Å². The zero-order chi connectivity index (χ0) is 24.4. The molecule has 1 aliphatic carbocycles. The van der Waals surface area contributed by atoms with Gasteiger partial charge in [0.2, 0.25) is 0 Å². The highest BCUT2D eigenvalue weighted by molar-refractivity contribution is 8.18. The number of benzene rings is 2. The van der Waals surface area contributed by atoms with Crippen molar-refractivity contribution in [2.45, 2.75) is 38.1 Å². The lowest BCUT2D eigenvalue weighted by Gasteiger charge is -2.30. The Balaban J connectivity index is 1.47. The molecule has 0 atom stereocenters. The lowest BCUT2D eigenvalue weighted by atomic mass is 9.94. The fourth-order valence-electron chi connectivity index (χ4n) is 4.36. The number of para-hydroxylation sites is 1. The largest absolute Gasteiger partial charge is 0.457 e. The van der Waals surface area contributed by atoms with Gasteiger partial charge in [0.25, 0.3) is 11.6 Å². The highest BCUT2D eigenvalue weighted by Gasteiger charge is 2.39. The van der Waals surface area contributed by atoms with Gasteiger partial charge in [0.05, 0.1) is 9.83 Å². The van der Waals surface area contributed by atoms with Crippen molar-refractivity contribution in [3.05, 3.63) is 87.3 Å². The number of non-ortho nitro benzene ring substituents is 1. The van der Waals surface area contributed by atoms with Crippen LogP contribution in [0.25, 0.3) is 17.4 Å². The Morgan fingerprint density at radius 2 is 1.89 bits per heavy atom. The normalized spacial score (nSPS) is 19.1. The molecule has 0 N–H and O–H groups in total. The number of amides is 1. The van der Waals surface area contributed by atoms with Gasteiger partial charge in [-0.2, -0.15) is 0 Å². The standard InChI is InChI=1S/C26H22FN3O4S/c27-21-11-4-5-12-22(21)28-26-29(18-8-2-1-3-9-18)25(31)24(35-26)16-20-13-14-23(34-20)17-7-6-10-19(15-17)30(32)33/h4-7,10-16,18H,1-3,8-9H2/b24-16-,28-26?. The molecule has 1 saturated heterocycles. The number of nitro groups is 1. The summed E-state index contributed by atoms with van der Waals surface area (Å²) < 4.78 is 20.2. The molecule has 5 rings (SSSR count). The summed E-state index contributed by atoms with van der Waals surface area (Å²) in [7, 11) is 0. The van der Waals surface area contributed by atoms with Crippen LogP contribution in [0.5, 0.6) is 0 Å². The number of nitrogens with zero attached hydrogens (tertiary/aromatic N) is 3. The van der Waals surface area contributed by atoms with Crippen molar-refractivity contribution in [3.8, 4) is 11.3 Å². The van der Waals surface area contributed by atoms with E-state index in [1.165, 1.54) is 30.0 Å². The summed E-state index contributed by atoms with van der Waals surface area (Å²) in [5, 5.41) is 11.5. The molecule has 0 unspecified atom stereocenters. The third-order valence-corrected chi connectivity index (χ3v) is 7.07. The minimum absolute atomic E-state index is 0.0252. The van der Waals surface area contributed by atoms with Gasteiger partial charge in [-0.3, -0.25) is 19.8 Å². The molecular formula is C26H22FN3O4S. The number of rotatable bonds is 5. The second-order valence-corrected chi connectivity index (χ2v) is 9.44. The van der Waals surface area contributed by atoms with Gasteiger partial charge in [-0.15, -0.1) is 0 Å². The highest BCUT2D eigenvalue weighted by Crippen LogP contribution is 2.39. The van der Waals surface area contributed by atoms with Gasteiger partial charge in [0, 0.05) is 29.8 Å². The molecule has 0 spiro atoms. The van der Waals surface area contributed by atoms with Crippen LogP contribution < -0.4 is 0 Å².